The highest BCUT2D eigenvalue weighted by Crippen LogP contribution is 2.16. The predicted octanol–water partition coefficient (Wildman–Crippen LogP) is 4.09. The summed E-state index contributed by atoms with van der Waals surface area (Å²) >= 11 is 0. The molecule has 136 valence electrons. The molecule has 0 unspecified atom stereocenters. The first-order chi connectivity index (χ1) is 13.6. The van der Waals surface area contributed by atoms with Gasteiger partial charge >= 0.3 is 0 Å². The largest absolute Gasteiger partial charge is 0.292 e. The number of carbonyl (C=O) groups is 2. The molecular weight excluding hydrogens is 350 g/mol. The van der Waals surface area contributed by atoms with Crippen LogP contribution in [0.25, 0.3) is 21.5 Å². The first-order valence-electron chi connectivity index (χ1n) is 8.79. The minimum atomic E-state index is -0.449. The molecule has 0 aromatic heterocycles. The van der Waals surface area contributed by atoms with E-state index in [0.717, 1.165) is 21.5 Å². The van der Waals surface area contributed by atoms with E-state index >= 15 is 0 Å². The first kappa shape index (κ1) is 17.4. The lowest BCUT2D eigenvalue weighted by Gasteiger charge is -2.09. The highest BCUT2D eigenvalue weighted by Gasteiger charge is 2.12. The van der Waals surface area contributed by atoms with Crippen molar-refractivity contribution < 1.29 is 9.59 Å². The maximum atomic E-state index is 12.4. The fourth-order valence-corrected chi connectivity index (χ4v) is 3.06. The Hall–Kier alpha value is -3.99. The number of guanidine groups is 1. The fourth-order valence-electron chi connectivity index (χ4n) is 3.06. The van der Waals surface area contributed by atoms with E-state index < -0.39 is 11.8 Å². The number of hydrogen-bond donors (Lipinski definition) is 3. The molecule has 0 saturated carbocycles. The van der Waals surface area contributed by atoms with Crippen molar-refractivity contribution in [1.82, 2.24) is 10.6 Å². The fraction of sp³-hybridized carbons (Fsp3) is 0. The van der Waals surface area contributed by atoms with Gasteiger partial charge in [0.05, 0.1) is 0 Å². The van der Waals surface area contributed by atoms with E-state index in [9.17, 15) is 9.59 Å². The molecule has 0 aliphatic rings. The summed E-state index contributed by atoms with van der Waals surface area (Å²) in [6, 6.07) is 26.0. The van der Waals surface area contributed by atoms with Crippen molar-refractivity contribution >= 4 is 39.3 Å². The molecular formula is C23H17N3O2. The zero-order valence-corrected chi connectivity index (χ0v) is 14.9. The molecule has 0 saturated heterocycles. The Labute approximate surface area is 161 Å². The number of hydrogen-bond acceptors (Lipinski definition) is 3. The van der Waals surface area contributed by atoms with E-state index in [0.29, 0.717) is 11.1 Å². The summed E-state index contributed by atoms with van der Waals surface area (Å²) in [4.78, 5) is 24.8. The number of carbonyl (C=O) groups excluding carboxylic acids is 2. The van der Waals surface area contributed by atoms with Crippen LogP contribution in [0.15, 0.2) is 84.9 Å². The highest BCUT2D eigenvalue weighted by atomic mass is 16.2. The standard InChI is InChI=1S/C23H17N3O2/c24-23(25-21(27)19-11-9-15-5-1-3-7-17(15)13-19)26-22(28)20-12-10-16-6-2-4-8-18(16)14-20/h1-14H,(H3,24,25,26,27,28). The van der Waals surface area contributed by atoms with Crippen molar-refractivity contribution in [1.29, 1.82) is 5.41 Å². The molecule has 0 atom stereocenters. The van der Waals surface area contributed by atoms with Gasteiger partial charge in [-0.1, -0.05) is 60.7 Å². The Balaban J connectivity index is 1.44. The van der Waals surface area contributed by atoms with Crippen LogP contribution in [-0.4, -0.2) is 17.8 Å². The molecule has 0 aliphatic carbocycles. The van der Waals surface area contributed by atoms with Gasteiger partial charge in [-0.25, -0.2) is 0 Å². The second-order valence-electron chi connectivity index (χ2n) is 6.41. The maximum Gasteiger partial charge on any atom is 0.257 e. The second kappa shape index (κ2) is 7.32. The summed E-state index contributed by atoms with van der Waals surface area (Å²) in [7, 11) is 0. The lowest BCUT2D eigenvalue weighted by atomic mass is 10.1. The number of nitrogens with one attached hydrogen (secondary N) is 3. The van der Waals surface area contributed by atoms with Crippen molar-refractivity contribution in [2.45, 2.75) is 0 Å². The van der Waals surface area contributed by atoms with E-state index in [1.54, 1.807) is 24.3 Å². The van der Waals surface area contributed by atoms with Crippen molar-refractivity contribution in [2.75, 3.05) is 0 Å². The third-order valence-electron chi connectivity index (χ3n) is 4.50. The van der Waals surface area contributed by atoms with Crippen molar-refractivity contribution in [3.05, 3.63) is 96.1 Å². The molecule has 0 aliphatic heterocycles. The average Bonchev–Trinajstić information content (AvgIpc) is 2.72. The van der Waals surface area contributed by atoms with Gasteiger partial charge < -0.3 is 0 Å². The van der Waals surface area contributed by atoms with Gasteiger partial charge in [0.1, 0.15) is 0 Å². The van der Waals surface area contributed by atoms with Crippen LogP contribution in [0.5, 0.6) is 0 Å². The van der Waals surface area contributed by atoms with Crippen molar-refractivity contribution in [3.8, 4) is 0 Å². The Morgan fingerprint density at radius 2 is 0.964 bits per heavy atom. The summed E-state index contributed by atoms with van der Waals surface area (Å²) in [5.74, 6) is -1.26. The van der Waals surface area contributed by atoms with E-state index in [1.807, 2.05) is 60.7 Å². The van der Waals surface area contributed by atoms with Gasteiger partial charge in [-0.05, 0) is 45.8 Å². The Bertz CT molecular complexity index is 1140. The molecule has 4 aromatic rings. The van der Waals surface area contributed by atoms with Crippen molar-refractivity contribution in [2.24, 2.45) is 0 Å². The van der Waals surface area contributed by atoms with E-state index in [4.69, 9.17) is 5.41 Å². The van der Waals surface area contributed by atoms with E-state index in [2.05, 4.69) is 10.6 Å². The molecule has 5 nitrogen and oxygen atoms in total. The van der Waals surface area contributed by atoms with Gasteiger partial charge in [0.15, 0.2) is 0 Å². The third-order valence-corrected chi connectivity index (χ3v) is 4.50. The van der Waals surface area contributed by atoms with Gasteiger partial charge in [-0.3, -0.25) is 25.6 Å². The van der Waals surface area contributed by atoms with Gasteiger partial charge in [0.25, 0.3) is 11.8 Å². The van der Waals surface area contributed by atoms with Crippen LogP contribution in [0.2, 0.25) is 0 Å². The van der Waals surface area contributed by atoms with E-state index in [-0.39, 0.29) is 5.96 Å². The van der Waals surface area contributed by atoms with Gasteiger partial charge in [0.2, 0.25) is 5.96 Å². The Kier molecular flexibility index (Phi) is 4.56. The van der Waals surface area contributed by atoms with Crippen LogP contribution >= 0.6 is 0 Å². The van der Waals surface area contributed by atoms with Crippen LogP contribution in [0.4, 0.5) is 0 Å². The smallest absolute Gasteiger partial charge is 0.257 e. The summed E-state index contributed by atoms with van der Waals surface area (Å²) in [5.41, 5.74) is 0.840. The zero-order chi connectivity index (χ0) is 19.5. The van der Waals surface area contributed by atoms with Crippen molar-refractivity contribution in [3.63, 3.8) is 0 Å². The molecule has 28 heavy (non-hydrogen) atoms. The van der Waals surface area contributed by atoms with Gasteiger partial charge in [0, 0.05) is 11.1 Å². The van der Waals surface area contributed by atoms with Crippen LogP contribution < -0.4 is 10.6 Å². The van der Waals surface area contributed by atoms with E-state index in [1.165, 1.54) is 0 Å². The molecule has 2 amide bonds. The van der Waals surface area contributed by atoms with Crippen LogP contribution in [0, 0.1) is 5.41 Å². The normalized spacial score (nSPS) is 10.6. The zero-order valence-electron chi connectivity index (χ0n) is 14.9. The quantitative estimate of drug-likeness (QED) is 0.368. The second-order valence-corrected chi connectivity index (χ2v) is 6.41. The lowest BCUT2D eigenvalue weighted by molar-refractivity contribution is 0.0966. The molecule has 3 N–H and O–H groups in total. The van der Waals surface area contributed by atoms with Gasteiger partial charge in [-0.15, -0.1) is 0 Å². The monoisotopic (exact) mass is 367 g/mol. The molecule has 0 bridgehead atoms. The maximum absolute atomic E-state index is 12.4. The summed E-state index contributed by atoms with van der Waals surface area (Å²) in [6.45, 7) is 0. The molecule has 0 fully saturated rings. The summed E-state index contributed by atoms with van der Waals surface area (Å²) < 4.78 is 0. The Morgan fingerprint density at radius 3 is 1.39 bits per heavy atom. The first-order valence-corrected chi connectivity index (χ1v) is 8.79. The SMILES string of the molecule is N=C(NC(=O)c1ccc2ccccc2c1)NC(=O)c1ccc2ccccc2c1. The number of benzene rings is 4. The number of rotatable bonds is 2. The molecule has 0 radical (unpaired) electrons. The van der Waals surface area contributed by atoms with Gasteiger partial charge in [-0.2, -0.15) is 0 Å². The minimum absolute atomic E-state index is 0.365. The summed E-state index contributed by atoms with van der Waals surface area (Å²) in [5, 5.41) is 16.7. The molecule has 4 rings (SSSR count). The predicted molar refractivity (Wildman–Crippen MR) is 111 cm³/mol. The minimum Gasteiger partial charge on any atom is -0.292 e. The number of fused-ring (bicyclic) bond motifs is 2. The molecule has 0 heterocycles. The Morgan fingerprint density at radius 1 is 0.571 bits per heavy atom. The number of amides is 2. The van der Waals surface area contributed by atoms with Crippen LogP contribution in [-0.2, 0) is 0 Å². The topological polar surface area (TPSA) is 82.1 Å². The highest BCUT2D eigenvalue weighted by molar-refractivity contribution is 6.13. The third kappa shape index (κ3) is 3.59. The molecule has 4 aromatic carbocycles. The lowest BCUT2D eigenvalue weighted by Crippen LogP contribution is -2.43. The van der Waals surface area contributed by atoms with Crippen LogP contribution in [0.1, 0.15) is 20.7 Å². The molecule has 0 spiro atoms. The summed E-state index contributed by atoms with van der Waals surface area (Å²) in [6.07, 6.45) is 0. The average molecular weight is 367 g/mol. The van der Waals surface area contributed by atoms with Crippen LogP contribution in [0.3, 0.4) is 0 Å². The molecule has 5 heteroatoms.